The molecule has 2 rings (SSSR count). The van der Waals surface area contributed by atoms with Crippen LogP contribution in [0.3, 0.4) is 0 Å². The lowest BCUT2D eigenvalue weighted by molar-refractivity contribution is -0.115. The summed E-state index contributed by atoms with van der Waals surface area (Å²) >= 11 is 1.50. The fourth-order valence-electron chi connectivity index (χ4n) is 1.73. The van der Waals surface area contributed by atoms with Crippen molar-refractivity contribution in [3.63, 3.8) is 0 Å². The van der Waals surface area contributed by atoms with E-state index in [1.807, 2.05) is 36.6 Å². The minimum atomic E-state index is -0.108. The summed E-state index contributed by atoms with van der Waals surface area (Å²) in [4.78, 5) is 16.3. The van der Waals surface area contributed by atoms with E-state index in [-0.39, 0.29) is 12.3 Å². The summed E-state index contributed by atoms with van der Waals surface area (Å²) in [5, 5.41) is 8.69. The van der Waals surface area contributed by atoms with Crippen molar-refractivity contribution in [3.8, 4) is 5.75 Å². The van der Waals surface area contributed by atoms with E-state index in [0.717, 1.165) is 17.4 Å². The molecule has 20 heavy (non-hydrogen) atoms. The molecule has 2 aromatic rings. The molecule has 2 N–H and O–H groups in total. The molecular formula is C14H17N3O2S. The summed E-state index contributed by atoms with van der Waals surface area (Å²) < 4.78 is 5.19. The van der Waals surface area contributed by atoms with Crippen LogP contribution in [-0.4, -0.2) is 24.5 Å². The molecule has 1 aromatic carbocycles. The predicted octanol–water partition coefficient (Wildman–Crippen LogP) is 2.76. The van der Waals surface area contributed by atoms with Crippen molar-refractivity contribution < 1.29 is 9.53 Å². The maximum absolute atomic E-state index is 12.0. The topological polar surface area (TPSA) is 63.2 Å². The van der Waals surface area contributed by atoms with Gasteiger partial charge >= 0.3 is 0 Å². The largest absolute Gasteiger partial charge is 0.495 e. The number of ether oxygens (including phenoxy) is 1. The van der Waals surface area contributed by atoms with Gasteiger partial charge in [0.25, 0.3) is 0 Å². The van der Waals surface area contributed by atoms with Gasteiger partial charge in [-0.05, 0) is 19.1 Å². The lowest BCUT2D eigenvalue weighted by Crippen LogP contribution is -2.15. The second kappa shape index (κ2) is 6.91. The van der Waals surface area contributed by atoms with Gasteiger partial charge in [0, 0.05) is 11.9 Å². The number of hydrogen-bond acceptors (Lipinski definition) is 5. The molecule has 0 spiro atoms. The standard InChI is InChI=1S/C14H17N3O2S/c1-3-15-14-16-10(9-20-14)8-13(18)17-11-6-4-5-7-12(11)19-2/h4-7,9H,3,8H2,1-2H3,(H,15,16)(H,17,18). The molecule has 0 atom stereocenters. The summed E-state index contributed by atoms with van der Waals surface area (Å²) in [6.45, 7) is 2.83. The van der Waals surface area contributed by atoms with Gasteiger partial charge in [-0.2, -0.15) is 0 Å². The van der Waals surface area contributed by atoms with Gasteiger partial charge in [-0.3, -0.25) is 4.79 Å². The van der Waals surface area contributed by atoms with Gasteiger partial charge in [-0.25, -0.2) is 4.98 Å². The number of para-hydroxylation sites is 2. The summed E-state index contributed by atoms with van der Waals surface area (Å²) in [7, 11) is 1.58. The number of benzene rings is 1. The number of carbonyl (C=O) groups excluding carboxylic acids is 1. The Morgan fingerprint density at radius 1 is 1.40 bits per heavy atom. The van der Waals surface area contributed by atoms with Crippen LogP contribution >= 0.6 is 11.3 Å². The number of anilines is 2. The van der Waals surface area contributed by atoms with E-state index in [9.17, 15) is 4.79 Å². The first-order valence-electron chi connectivity index (χ1n) is 6.34. The van der Waals surface area contributed by atoms with Crippen LogP contribution in [0, 0.1) is 0 Å². The minimum Gasteiger partial charge on any atom is -0.495 e. The zero-order valence-corrected chi connectivity index (χ0v) is 12.3. The number of rotatable bonds is 6. The molecule has 0 fully saturated rings. The smallest absolute Gasteiger partial charge is 0.230 e. The molecule has 0 radical (unpaired) electrons. The van der Waals surface area contributed by atoms with E-state index in [1.165, 1.54) is 11.3 Å². The SMILES string of the molecule is CCNc1nc(CC(=O)Nc2ccccc2OC)cs1. The summed E-state index contributed by atoms with van der Waals surface area (Å²) in [6.07, 6.45) is 0.250. The van der Waals surface area contributed by atoms with Gasteiger partial charge in [0.15, 0.2) is 5.13 Å². The van der Waals surface area contributed by atoms with Gasteiger partial charge in [-0.15, -0.1) is 11.3 Å². The minimum absolute atomic E-state index is 0.108. The molecule has 0 saturated heterocycles. The predicted molar refractivity (Wildman–Crippen MR) is 81.6 cm³/mol. The van der Waals surface area contributed by atoms with Crippen LogP contribution in [-0.2, 0) is 11.2 Å². The number of aromatic nitrogens is 1. The van der Waals surface area contributed by atoms with Crippen LogP contribution in [0.1, 0.15) is 12.6 Å². The Kier molecular flexibility index (Phi) is 4.95. The average Bonchev–Trinajstić information content (AvgIpc) is 2.87. The van der Waals surface area contributed by atoms with Crippen molar-refractivity contribution >= 4 is 28.1 Å². The molecule has 0 aliphatic carbocycles. The third kappa shape index (κ3) is 3.71. The third-order valence-corrected chi connectivity index (χ3v) is 3.45. The van der Waals surface area contributed by atoms with Crippen LogP contribution in [0.4, 0.5) is 10.8 Å². The van der Waals surface area contributed by atoms with E-state index < -0.39 is 0 Å². The van der Waals surface area contributed by atoms with E-state index in [0.29, 0.717) is 11.4 Å². The number of methoxy groups -OCH3 is 1. The molecule has 0 aliphatic heterocycles. The van der Waals surface area contributed by atoms with Crippen LogP contribution in [0.2, 0.25) is 0 Å². The molecule has 6 heteroatoms. The normalized spacial score (nSPS) is 10.1. The Balaban J connectivity index is 1.97. The lowest BCUT2D eigenvalue weighted by Gasteiger charge is -2.08. The Morgan fingerprint density at radius 2 is 2.20 bits per heavy atom. The summed E-state index contributed by atoms with van der Waals surface area (Å²) in [6, 6.07) is 7.32. The first-order chi connectivity index (χ1) is 9.72. The van der Waals surface area contributed by atoms with Crippen LogP contribution in [0.5, 0.6) is 5.75 Å². The number of nitrogens with one attached hydrogen (secondary N) is 2. The quantitative estimate of drug-likeness (QED) is 0.859. The maximum atomic E-state index is 12.0. The first kappa shape index (κ1) is 14.3. The zero-order chi connectivity index (χ0) is 14.4. The molecular weight excluding hydrogens is 274 g/mol. The molecule has 0 unspecified atom stereocenters. The molecule has 1 heterocycles. The van der Waals surface area contributed by atoms with Crippen molar-refractivity contribution in [2.24, 2.45) is 0 Å². The number of amides is 1. The fourth-order valence-corrected chi connectivity index (χ4v) is 2.51. The molecule has 5 nitrogen and oxygen atoms in total. The summed E-state index contributed by atoms with van der Waals surface area (Å²) in [5.74, 6) is 0.537. The Labute approximate surface area is 122 Å². The van der Waals surface area contributed by atoms with Crippen molar-refractivity contribution in [3.05, 3.63) is 35.3 Å². The first-order valence-corrected chi connectivity index (χ1v) is 7.22. The highest BCUT2D eigenvalue weighted by Crippen LogP contribution is 2.23. The van der Waals surface area contributed by atoms with E-state index in [4.69, 9.17) is 4.74 Å². The van der Waals surface area contributed by atoms with Gasteiger partial charge in [0.05, 0.1) is 24.9 Å². The number of thiazole rings is 1. The van der Waals surface area contributed by atoms with Crippen LogP contribution < -0.4 is 15.4 Å². The molecule has 0 aliphatic rings. The summed E-state index contributed by atoms with van der Waals surface area (Å²) in [5.41, 5.74) is 1.43. The number of nitrogens with zero attached hydrogens (tertiary/aromatic N) is 1. The zero-order valence-electron chi connectivity index (χ0n) is 11.5. The lowest BCUT2D eigenvalue weighted by atomic mass is 10.2. The second-order valence-corrected chi connectivity index (χ2v) is 4.96. The highest BCUT2D eigenvalue weighted by Gasteiger charge is 2.10. The molecule has 0 saturated carbocycles. The van der Waals surface area contributed by atoms with Crippen molar-refractivity contribution in [2.75, 3.05) is 24.3 Å². The number of hydrogen-bond donors (Lipinski definition) is 2. The van der Waals surface area contributed by atoms with Crippen molar-refractivity contribution in [1.82, 2.24) is 4.98 Å². The van der Waals surface area contributed by atoms with Gasteiger partial charge in [0.1, 0.15) is 5.75 Å². The van der Waals surface area contributed by atoms with E-state index in [2.05, 4.69) is 15.6 Å². The van der Waals surface area contributed by atoms with Crippen LogP contribution in [0.15, 0.2) is 29.6 Å². The van der Waals surface area contributed by atoms with Crippen molar-refractivity contribution in [2.45, 2.75) is 13.3 Å². The van der Waals surface area contributed by atoms with Gasteiger partial charge < -0.3 is 15.4 Å². The highest BCUT2D eigenvalue weighted by molar-refractivity contribution is 7.13. The van der Waals surface area contributed by atoms with Crippen LogP contribution in [0.25, 0.3) is 0 Å². The second-order valence-electron chi connectivity index (χ2n) is 4.10. The molecule has 1 amide bonds. The third-order valence-electron chi connectivity index (χ3n) is 2.60. The fraction of sp³-hybridized carbons (Fsp3) is 0.286. The maximum Gasteiger partial charge on any atom is 0.230 e. The number of carbonyl (C=O) groups is 1. The molecule has 1 aromatic heterocycles. The van der Waals surface area contributed by atoms with Gasteiger partial charge in [-0.1, -0.05) is 12.1 Å². The van der Waals surface area contributed by atoms with Crippen molar-refractivity contribution in [1.29, 1.82) is 0 Å². The monoisotopic (exact) mass is 291 g/mol. The van der Waals surface area contributed by atoms with E-state index >= 15 is 0 Å². The Morgan fingerprint density at radius 3 is 2.95 bits per heavy atom. The molecule has 0 bridgehead atoms. The van der Waals surface area contributed by atoms with E-state index in [1.54, 1.807) is 7.11 Å². The Hall–Kier alpha value is -2.08. The highest BCUT2D eigenvalue weighted by atomic mass is 32.1. The Bertz CT molecular complexity index is 583. The average molecular weight is 291 g/mol. The molecule has 106 valence electrons. The van der Waals surface area contributed by atoms with Gasteiger partial charge in [0.2, 0.25) is 5.91 Å².